The molecule has 0 fully saturated rings. The summed E-state index contributed by atoms with van der Waals surface area (Å²) in [4.78, 5) is 169. The van der Waals surface area contributed by atoms with E-state index in [0.717, 1.165) is 60.8 Å². The molecule has 0 aliphatic carbocycles. The van der Waals surface area contributed by atoms with E-state index in [1.807, 2.05) is 0 Å². The zero-order valence-corrected chi connectivity index (χ0v) is 45.0. The van der Waals surface area contributed by atoms with E-state index >= 15 is 0 Å². The predicted molar refractivity (Wildman–Crippen MR) is 331 cm³/mol. The van der Waals surface area contributed by atoms with Crippen LogP contribution in [-0.2, 0) is 19.3 Å². The van der Waals surface area contributed by atoms with Crippen molar-refractivity contribution in [1.82, 2.24) is 27.4 Å². The summed E-state index contributed by atoms with van der Waals surface area (Å²) < 4.78 is 5.77. The van der Waals surface area contributed by atoms with Crippen LogP contribution in [0.5, 0.6) is 0 Å². The molecule has 0 amide bonds. The number of benzene rings is 9. The minimum atomic E-state index is -0.771. The molecule has 7 aliphatic heterocycles. The molecule has 18 heteroatoms. The Bertz CT molecular complexity index is 5270. The maximum Gasteiger partial charge on any atom is 0.266 e. The normalized spacial score (nSPS) is 12.6. The van der Waals surface area contributed by atoms with Crippen molar-refractivity contribution in [3.63, 3.8) is 0 Å². The average Bonchev–Trinajstić information content (AvgIpc) is 1.79. The number of hydrogen-bond donors (Lipinski definition) is 0. The van der Waals surface area contributed by atoms with E-state index in [0.29, 0.717) is 19.3 Å². The summed E-state index contributed by atoms with van der Waals surface area (Å²) in [5.41, 5.74) is -2.62. The third-order valence-corrected chi connectivity index (χ3v) is 17.1. The molecule has 0 unspecified atom stereocenters. The Morgan fingerprint density at radius 3 is 0.414 bits per heavy atom. The van der Waals surface area contributed by atoms with Crippen molar-refractivity contribution >= 4 is 64.6 Å². The SMILES string of the molecule is O=c1c2ccc3c(=O)n4c(=O)c3c2c(=O)n1-c1ccc(cc1)Cc1ccc(cc1)-n1c(=O)c2ccc3c(=O)n(c(=O)c3c2c1=O)-c1ccc(cc1)Cc1ccc(cc1)-n1c(=O)c2ccc3c(=O)n(c(=O)c3c2c1=O)-c1ccc(cc1)Cc1ccc-4cc1. The smallest absolute Gasteiger partial charge is 0.266 e. The van der Waals surface area contributed by atoms with Crippen LogP contribution in [0.4, 0.5) is 0 Å². The molecule has 9 aromatic carbocycles. The van der Waals surface area contributed by atoms with Crippen LogP contribution in [0.15, 0.2) is 240 Å². The van der Waals surface area contributed by atoms with Crippen LogP contribution in [0.1, 0.15) is 33.4 Å². The standard InChI is InChI=1S/C69H36N6O12/c76-58-46-25-26-47-53-52(46)64(82)70(58)40-13-1-34(2-14-40)31-35-3-15-41(16-4-35)71-60(78)48-27-28-49-55(54(48)66(71)84)67(85)73(61(49)79)43-19-7-38(8-20-43)33-39-11-23-45(24-12-39)75-63(81)51-30-29-50-56(57(51)69(75)87)68(86)74(62(50)80)44-21-9-37(10-22-44)32-36-5-17-42(18-6-36)72(59(47)77)65(53)83/h1-30H,31-33H2. The summed E-state index contributed by atoms with van der Waals surface area (Å²) in [6.45, 7) is 0. The molecule has 24 bridgehead atoms. The van der Waals surface area contributed by atoms with E-state index in [2.05, 4.69) is 0 Å². The van der Waals surface area contributed by atoms with Crippen LogP contribution in [0, 0.1) is 0 Å². The molecule has 0 N–H and O–H groups in total. The first-order valence-electron chi connectivity index (χ1n) is 27.5. The van der Waals surface area contributed by atoms with Crippen molar-refractivity contribution in [3.05, 3.63) is 340 Å². The van der Waals surface area contributed by atoms with Crippen molar-refractivity contribution in [2.24, 2.45) is 0 Å². The van der Waals surface area contributed by atoms with Crippen molar-refractivity contribution in [3.8, 4) is 34.1 Å². The Morgan fingerprint density at radius 2 is 0.287 bits per heavy atom. The van der Waals surface area contributed by atoms with E-state index in [4.69, 9.17) is 0 Å². The summed E-state index contributed by atoms with van der Waals surface area (Å²) in [6.07, 6.45) is 1.08. The van der Waals surface area contributed by atoms with E-state index in [9.17, 15) is 57.5 Å². The molecule has 22 rings (SSSR count). The molecule has 0 atom stereocenters. The average molecular weight is 1140 g/mol. The Balaban J connectivity index is 0.802. The lowest BCUT2D eigenvalue weighted by Gasteiger charge is -2.06. The van der Waals surface area contributed by atoms with Gasteiger partial charge in [0.05, 0.1) is 98.8 Å². The zero-order chi connectivity index (χ0) is 59.6. The highest BCUT2D eigenvalue weighted by atomic mass is 16.2. The van der Waals surface area contributed by atoms with Gasteiger partial charge in [0.15, 0.2) is 0 Å². The molecule has 414 valence electrons. The summed E-state index contributed by atoms with van der Waals surface area (Å²) >= 11 is 0. The molecular formula is C69H36N6O12. The summed E-state index contributed by atoms with van der Waals surface area (Å²) in [7, 11) is 0. The van der Waals surface area contributed by atoms with Gasteiger partial charge in [-0.05, 0) is 162 Å². The van der Waals surface area contributed by atoms with Gasteiger partial charge in [0.2, 0.25) is 0 Å². The third-order valence-electron chi connectivity index (χ3n) is 17.1. The van der Waals surface area contributed by atoms with Gasteiger partial charge in [0.1, 0.15) is 0 Å². The van der Waals surface area contributed by atoms with Gasteiger partial charge in [-0.15, -0.1) is 0 Å². The molecule has 7 aliphatic rings. The number of fused-ring (bicyclic) bond motifs is 6. The van der Waals surface area contributed by atoms with Gasteiger partial charge in [0, 0.05) is 0 Å². The lowest BCUT2D eigenvalue weighted by atomic mass is 10.0. The lowest BCUT2D eigenvalue weighted by molar-refractivity contribution is 0.981. The van der Waals surface area contributed by atoms with Crippen molar-refractivity contribution in [2.45, 2.75) is 19.3 Å². The van der Waals surface area contributed by atoms with Gasteiger partial charge in [-0.3, -0.25) is 57.5 Å². The van der Waals surface area contributed by atoms with Crippen LogP contribution >= 0.6 is 0 Å². The highest BCUT2D eigenvalue weighted by molar-refractivity contribution is 6.09. The van der Waals surface area contributed by atoms with Crippen molar-refractivity contribution in [1.29, 1.82) is 0 Å². The summed E-state index contributed by atoms with van der Waals surface area (Å²) in [5, 5.41) is -1.29. The fourth-order valence-corrected chi connectivity index (χ4v) is 12.8. The Morgan fingerprint density at radius 1 is 0.161 bits per heavy atom. The van der Waals surface area contributed by atoms with Crippen LogP contribution < -0.4 is 66.7 Å². The molecule has 15 aromatic rings. The topological polar surface area (TPSA) is 234 Å². The van der Waals surface area contributed by atoms with Crippen LogP contribution in [-0.4, -0.2) is 27.4 Å². The van der Waals surface area contributed by atoms with E-state index in [1.54, 1.807) is 146 Å². The third kappa shape index (κ3) is 7.15. The number of hydrogen-bond acceptors (Lipinski definition) is 12. The first kappa shape index (κ1) is 50.5. The minimum Gasteiger partial charge on any atom is -0.268 e. The molecule has 6 aromatic heterocycles. The lowest BCUT2D eigenvalue weighted by Crippen LogP contribution is -2.24. The second-order valence-corrected chi connectivity index (χ2v) is 21.9. The van der Waals surface area contributed by atoms with E-state index in [-0.39, 0.29) is 98.8 Å². The Kier molecular flexibility index (Phi) is 10.5. The van der Waals surface area contributed by atoms with Gasteiger partial charge in [-0.25, -0.2) is 27.4 Å². The first-order chi connectivity index (χ1) is 42.1. The van der Waals surface area contributed by atoms with Gasteiger partial charge in [-0.1, -0.05) is 72.8 Å². The fraction of sp³-hybridized carbons (Fsp3) is 0.0435. The molecular weight excluding hydrogens is 1100 g/mol. The zero-order valence-electron chi connectivity index (χ0n) is 45.0. The molecule has 0 radical (unpaired) electrons. The largest absolute Gasteiger partial charge is 0.268 e. The van der Waals surface area contributed by atoms with Gasteiger partial charge < -0.3 is 0 Å². The monoisotopic (exact) mass is 1140 g/mol. The van der Waals surface area contributed by atoms with Crippen LogP contribution in [0.2, 0.25) is 0 Å². The van der Waals surface area contributed by atoms with Gasteiger partial charge in [-0.2, -0.15) is 0 Å². The number of nitrogens with zero attached hydrogens (tertiary/aromatic N) is 6. The van der Waals surface area contributed by atoms with Crippen molar-refractivity contribution < 1.29 is 0 Å². The highest BCUT2D eigenvalue weighted by Gasteiger charge is 2.28. The first-order valence-corrected chi connectivity index (χ1v) is 27.5. The fourth-order valence-electron chi connectivity index (χ4n) is 12.8. The number of rotatable bonds is 0. The summed E-state index contributed by atoms with van der Waals surface area (Å²) in [5.74, 6) is 0. The molecule has 87 heavy (non-hydrogen) atoms. The summed E-state index contributed by atoms with van der Waals surface area (Å²) in [6, 6.07) is 48.2. The van der Waals surface area contributed by atoms with Gasteiger partial charge >= 0.3 is 0 Å². The Labute approximate surface area is 483 Å². The van der Waals surface area contributed by atoms with Crippen molar-refractivity contribution in [2.75, 3.05) is 0 Å². The van der Waals surface area contributed by atoms with Gasteiger partial charge in [0.25, 0.3) is 66.7 Å². The highest BCUT2D eigenvalue weighted by Crippen LogP contribution is 2.26. The Hall–Kier alpha value is -12.2. The number of aromatic nitrogens is 6. The molecule has 0 spiro atoms. The molecule has 0 saturated heterocycles. The molecule has 13 heterocycles. The van der Waals surface area contributed by atoms with Crippen LogP contribution in [0.3, 0.4) is 0 Å². The maximum atomic E-state index is 14.3. The van der Waals surface area contributed by atoms with Crippen LogP contribution in [0.25, 0.3) is 98.8 Å². The molecule has 0 saturated carbocycles. The molecule has 18 nitrogen and oxygen atoms in total. The minimum absolute atomic E-state index is 0.0334. The van der Waals surface area contributed by atoms with E-state index < -0.39 is 66.7 Å². The second kappa shape index (κ2) is 18.2. The van der Waals surface area contributed by atoms with E-state index in [1.165, 1.54) is 36.4 Å². The maximum absolute atomic E-state index is 14.3. The quantitative estimate of drug-likeness (QED) is 0.186. The second-order valence-electron chi connectivity index (χ2n) is 21.9. The predicted octanol–water partition coefficient (Wildman–Crippen LogP) is 5.39.